The molecule has 2 atom stereocenters. The van der Waals surface area contributed by atoms with Gasteiger partial charge in [0.2, 0.25) is 5.89 Å². The number of benzene rings is 2. The Morgan fingerprint density at radius 3 is 2.52 bits per heavy atom. The Kier molecular flexibility index (Phi) is 10.0. The highest BCUT2D eigenvalue weighted by atomic mass is 35.5. The number of hydrogen-bond donors (Lipinski definition) is 3. The summed E-state index contributed by atoms with van der Waals surface area (Å²) >= 11 is 7.04. The summed E-state index contributed by atoms with van der Waals surface area (Å²) in [7, 11) is 0. The summed E-state index contributed by atoms with van der Waals surface area (Å²) in [6.45, 7) is 4.76. The minimum absolute atomic E-state index is 0.0837. The van der Waals surface area contributed by atoms with Gasteiger partial charge < -0.3 is 29.4 Å². The molecule has 0 bridgehead atoms. The molecule has 0 amide bonds. The van der Waals surface area contributed by atoms with E-state index in [1.807, 2.05) is 29.2 Å². The number of carboxylic acid groups (broad SMARTS) is 1. The first kappa shape index (κ1) is 37.6. The van der Waals surface area contributed by atoms with Crippen molar-refractivity contribution in [3.63, 3.8) is 0 Å². The zero-order valence-electron chi connectivity index (χ0n) is 30.2. The highest BCUT2D eigenvalue weighted by Gasteiger charge is 2.37. The van der Waals surface area contributed by atoms with E-state index in [9.17, 15) is 33.0 Å². The quantitative estimate of drug-likeness (QED) is 0.132. The van der Waals surface area contributed by atoms with Crippen LogP contribution in [0.4, 0.5) is 24.7 Å². The van der Waals surface area contributed by atoms with Gasteiger partial charge in [0.1, 0.15) is 11.1 Å². The summed E-state index contributed by atoms with van der Waals surface area (Å²) in [6, 6.07) is 14.6. The van der Waals surface area contributed by atoms with Gasteiger partial charge in [0.05, 0.1) is 22.7 Å². The Balaban J connectivity index is 1.09. The van der Waals surface area contributed by atoms with Crippen molar-refractivity contribution >= 4 is 51.1 Å². The number of carboxylic acids is 1. The number of oxazole rings is 1. The van der Waals surface area contributed by atoms with Gasteiger partial charge in [0, 0.05) is 74.4 Å². The summed E-state index contributed by atoms with van der Waals surface area (Å²) in [4.78, 5) is 42.5. The summed E-state index contributed by atoms with van der Waals surface area (Å²) in [5, 5.41) is 23.8. The SMILES string of the molecule is Cc1c(-c2nc3c(=O)n(CCN4CC[C@@H](C(=O)O)C4)cc(C(F)(F)F)c3o2)cccc1-c1cccc(Nc2nccc3cc(CN4CC[C@@H](O)C4)cnc23)c1Cl. The van der Waals surface area contributed by atoms with Crippen LogP contribution in [0.1, 0.15) is 29.5 Å². The van der Waals surface area contributed by atoms with Crippen LogP contribution >= 0.6 is 11.6 Å². The number of nitrogens with zero attached hydrogens (tertiary/aromatic N) is 6. The molecule has 290 valence electrons. The van der Waals surface area contributed by atoms with E-state index < -0.39 is 40.3 Å². The highest BCUT2D eigenvalue weighted by Crippen LogP contribution is 2.41. The van der Waals surface area contributed by atoms with Crippen molar-refractivity contribution in [1.82, 2.24) is 29.3 Å². The Bertz CT molecular complexity index is 2540. The van der Waals surface area contributed by atoms with Crippen molar-refractivity contribution < 1.29 is 32.6 Å². The molecule has 0 saturated carbocycles. The van der Waals surface area contributed by atoms with Gasteiger partial charge in [-0.1, -0.05) is 35.9 Å². The predicted octanol–water partition coefficient (Wildman–Crippen LogP) is 6.96. The number of halogens is 4. The first-order valence-corrected chi connectivity index (χ1v) is 18.6. The van der Waals surface area contributed by atoms with E-state index in [2.05, 4.69) is 26.3 Å². The standard InChI is InChI=1S/C40H37ClF3N7O5/c1-22-27(29-6-3-7-31(32(29)41)47-36-33-24(8-11-45-36)16-23(17-46-33)18-50-13-10-26(52)20-50)4-2-5-28(22)37-48-34-35(56-37)30(40(42,43)44)21-51(38(34)53)15-14-49-12-9-25(19-49)39(54)55/h2-8,11,16-17,21,25-26,52H,9-10,12-15,18-20H2,1H3,(H,45,47)(H,54,55)/t25-,26-/m1/s1. The number of fused-ring (bicyclic) bond motifs is 2. The Hall–Kier alpha value is -5.35. The molecule has 6 aromatic rings. The van der Waals surface area contributed by atoms with Crippen molar-refractivity contribution in [2.45, 2.75) is 45.1 Å². The van der Waals surface area contributed by atoms with E-state index in [1.165, 1.54) is 0 Å². The molecule has 2 aromatic carbocycles. The molecule has 6 heterocycles. The molecule has 8 rings (SSSR count). The third-order valence-electron chi connectivity index (χ3n) is 10.6. The molecule has 16 heteroatoms. The van der Waals surface area contributed by atoms with Crippen molar-refractivity contribution in [3.05, 3.63) is 99.2 Å². The average Bonchev–Trinajstić information content (AvgIpc) is 3.93. The molecule has 0 radical (unpaired) electrons. The lowest BCUT2D eigenvalue weighted by molar-refractivity contribution is -0.141. The van der Waals surface area contributed by atoms with Crippen LogP contribution in [0.5, 0.6) is 0 Å². The Labute approximate surface area is 323 Å². The second-order valence-corrected chi connectivity index (χ2v) is 14.8. The first-order chi connectivity index (χ1) is 26.8. The molecule has 12 nitrogen and oxygen atoms in total. The molecule has 3 N–H and O–H groups in total. The topological polar surface area (TPSA) is 150 Å². The van der Waals surface area contributed by atoms with Crippen LogP contribution in [0.3, 0.4) is 0 Å². The van der Waals surface area contributed by atoms with Crippen LogP contribution in [0, 0.1) is 12.8 Å². The van der Waals surface area contributed by atoms with Gasteiger partial charge in [0.15, 0.2) is 16.9 Å². The first-order valence-electron chi connectivity index (χ1n) is 18.2. The number of carbonyl (C=O) groups is 1. The molecule has 2 fully saturated rings. The fourth-order valence-corrected chi connectivity index (χ4v) is 7.92. The number of alkyl halides is 3. The van der Waals surface area contributed by atoms with E-state index in [-0.39, 0.29) is 31.6 Å². The number of hydrogen-bond acceptors (Lipinski definition) is 10. The summed E-state index contributed by atoms with van der Waals surface area (Å²) < 4.78 is 49.9. The van der Waals surface area contributed by atoms with Gasteiger partial charge in [-0.3, -0.25) is 19.5 Å². The minimum Gasteiger partial charge on any atom is -0.481 e. The monoisotopic (exact) mass is 787 g/mol. The summed E-state index contributed by atoms with van der Waals surface area (Å²) in [5.74, 6) is -1.13. The second-order valence-electron chi connectivity index (χ2n) is 14.4. The van der Waals surface area contributed by atoms with E-state index in [0.717, 1.165) is 34.7 Å². The second kappa shape index (κ2) is 15.0. The molecule has 4 aromatic heterocycles. The third kappa shape index (κ3) is 7.34. The number of rotatable bonds is 10. The maximum Gasteiger partial charge on any atom is 0.421 e. The predicted molar refractivity (Wildman–Crippen MR) is 205 cm³/mol. The van der Waals surface area contributed by atoms with Gasteiger partial charge in [-0.25, -0.2) is 9.97 Å². The van der Waals surface area contributed by atoms with Crippen LogP contribution in [-0.2, 0) is 24.1 Å². The van der Waals surface area contributed by atoms with Gasteiger partial charge in [-0.05, 0) is 67.3 Å². The number of aliphatic hydroxyl groups excluding tert-OH is 1. The highest BCUT2D eigenvalue weighted by molar-refractivity contribution is 6.36. The Morgan fingerprint density at radius 2 is 1.77 bits per heavy atom. The molecule has 2 aliphatic heterocycles. The lowest BCUT2D eigenvalue weighted by Crippen LogP contribution is -2.31. The fraction of sp³-hybridized carbons (Fsp3) is 0.325. The zero-order chi connectivity index (χ0) is 39.3. The van der Waals surface area contributed by atoms with Gasteiger partial charge in [-0.15, -0.1) is 0 Å². The maximum absolute atomic E-state index is 14.4. The number of pyridine rings is 3. The van der Waals surface area contributed by atoms with Gasteiger partial charge in [-0.2, -0.15) is 13.2 Å². The van der Waals surface area contributed by atoms with Gasteiger partial charge >= 0.3 is 12.1 Å². The lowest BCUT2D eigenvalue weighted by atomic mass is 9.96. The van der Waals surface area contributed by atoms with Crippen molar-refractivity contribution in [1.29, 1.82) is 0 Å². The number of aliphatic hydroxyl groups is 1. The van der Waals surface area contributed by atoms with Crippen LogP contribution in [0.25, 0.3) is 44.6 Å². The molecular weight excluding hydrogens is 751 g/mol. The molecule has 56 heavy (non-hydrogen) atoms. The fourth-order valence-electron chi connectivity index (χ4n) is 7.65. The van der Waals surface area contributed by atoms with E-state index in [0.29, 0.717) is 70.4 Å². The molecule has 2 aliphatic rings. The molecule has 2 saturated heterocycles. The smallest absolute Gasteiger partial charge is 0.421 e. The maximum atomic E-state index is 14.4. The van der Waals surface area contributed by atoms with Gasteiger partial charge in [0.25, 0.3) is 5.56 Å². The molecular formula is C40H37ClF3N7O5. The molecule has 0 spiro atoms. The Morgan fingerprint density at radius 1 is 1.00 bits per heavy atom. The summed E-state index contributed by atoms with van der Waals surface area (Å²) in [6.07, 6.45) is 0.262. The van der Waals surface area contributed by atoms with Crippen LogP contribution in [-0.4, -0.2) is 84.3 Å². The lowest BCUT2D eigenvalue weighted by Gasteiger charge is -2.17. The number of anilines is 2. The van der Waals surface area contributed by atoms with E-state index in [4.69, 9.17) is 21.0 Å². The van der Waals surface area contributed by atoms with Crippen LogP contribution in [0.15, 0.2) is 76.3 Å². The largest absolute Gasteiger partial charge is 0.481 e. The van der Waals surface area contributed by atoms with Crippen molar-refractivity contribution in [2.75, 3.05) is 38.0 Å². The number of aliphatic carboxylic acids is 1. The number of β-amino-alcohol motifs (C(OH)–C–C–N with tert-alkyl or cyclic N) is 1. The van der Waals surface area contributed by atoms with E-state index >= 15 is 0 Å². The van der Waals surface area contributed by atoms with Crippen molar-refractivity contribution in [2.24, 2.45) is 5.92 Å². The third-order valence-corrected chi connectivity index (χ3v) is 11.0. The summed E-state index contributed by atoms with van der Waals surface area (Å²) in [5.41, 5.74) is 1.51. The number of nitrogens with one attached hydrogen (secondary N) is 1. The molecule has 0 unspecified atom stereocenters. The minimum atomic E-state index is -4.85. The number of likely N-dealkylation sites (tertiary alicyclic amines) is 2. The van der Waals surface area contributed by atoms with Crippen molar-refractivity contribution in [3.8, 4) is 22.6 Å². The average molecular weight is 788 g/mol. The van der Waals surface area contributed by atoms with E-state index in [1.54, 1.807) is 37.5 Å². The number of aromatic nitrogens is 4. The van der Waals surface area contributed by atoms with Crippen LogP contribution < -0.4 is 10.9 Å². The molecule has 0 aliphatic carbocycles. The normalized spacial score (nSPS) is 18.0. The zero-order valence-corrected chi connectivity index (χ0v) is 30.9. The van der Waals surface area contributed by atoms with Crippen LogP contribution in [0.2, 0.25) is 5.02 Å².